The van der Waals surface area contributed by atoms with E-state index in [1.54, 1.807) is 54.6 Å². The Morgan fingerprint density at radius 3 is 2.44 bits per heavy atom. The van der Waals surface area contributed by atoms with Crippen LogP contribution < -0.4 is 4.74 Å². The minimum Gasteiger partial charge on any atom is -0.507 e. The highest BCUT2D eigenvalue weighted by Gasteiger charge is 2.46. The number of likely N-dealkylation sites (tertiary alicyclic amines) is 1. The van der Waals surface area contributed by atoms with Crippen LogP contribution in [-0.4, -0.2) is 21.7 Å². The first kappa shape index (κ1) is 23.5. The van der Waals surface area contributed by atoms with E-state index in [0.717, 1.165) is 5.56 Å². The number of benzene rings is 3. The Morgan fingerprint density at radius 2 is 1.72 bits per heavy atom. The molecule has 0 radical (unpaired) electrons. The van der Waals surface area contributed by atoms with Crippen molar-refractivity contribution in [2.75, 3.05) is 0 Å². The van der Waals surface area contributed by atoms with Gasteiger partial charge in [-0.15, -0.1) is 0 Å². The Hall–Kier alpha value is -4.29. The Bertz CT molecular complexity index is 1410. The zero-order valence-corrected chi connectivity index (χ0v) is 19.9. The van der Waals surface area contributed by atoms with Gasteiger partial charge in [0.05, 0.1) is 24.4 Å². The first-order valence-corrected chi connectivity index (χ1v) is 11.7. The number of ether oxygens (including phenoxy) is 1. The Labute approximate surface area is 213 Å². The monoisotopic (exact) mass is 499 g/mol. The fourth-order valence-electron chi connectivity index (χ4n) is 4.24. The zero-order valence-electron chi connectivity index (χ0n) is 19.1. The molecule has 36 heavy (non-hydrogen) atoms. The highest BCUT2D eigenvalue weighted by molar-refractivity contribution is 6.46. The van der Waals surface area contributed by atoms with Gasteiger partial charge >= 0.3 is 0 Å². The number of carbonyl (C=O) groups excluding carboxylic acids is 2. The van der Waals surface area contributed by atoms with E-state index < -0.39 is 17.7 Å². The Balaban J connectivity index is 1.55. The van der Waals surface area contributed by atoms with E-state index in [1.165, 1.54) is 11.2 Å². The second kappa shape index (κ2) is 10.1. The molecular weight excluding hydrogens is 478 g/mol. The molecule has 0 aliphatic carbocycles. The molecule has 1 aromatic heterocycles. The van der Waals surface area contributed by atoms with Gasteiger partial charge in [0.2, 0.25) is 0 Å². The first-order valence-electron chi connectivity index (χ1n) is 11.3. The average Bonchev–Trinajstić information content (AvgIpc) is 3.51. The summed E-state index contributed by atoms with van der Waals surface area (Å²) in [5, 5.41) is 11.7. The number of furan rings is 1. The third-order valence-corrected chi connectivity index (χ3v) is 6.24. The van der Waals surface area contributed by atoms with E-state index in [2.05, 4.69) is 0 Å². The first-order chi connectivity index (χ1) is 17.5. The number of carbonyl (C=O) groups is 2. The molecule has 180 valence electrons. The maximum absolute atomic E-state index is 13.2. The van der Waals surface area contributed by atoms with Crippen LogP contribution >= 0.6 is 11.6 Å². The summed E-state index contributed by atoms with van der Waals surface area (Å²) in [6, 6.07) is 26.0. The fraction of sp³-hybridized carbons (Fsp3) is 0.103. The lowest BCUT2D eigenvalue weighted by molar-refractivity contribution is -0.140. The molecule has 4 aromatic rings. The Kier molecular flexibility index (Phi) is 6.60. The van der Waals surface area contributed by atoms with E-state index in [9.17, 15) is 14.7 Å². The van der Waals surface area contributed by atoms with Gasteiger partial charge in [-0.2, -0.15) is 0 Å². The highest BCUT2D eigenvalue weighted by Crippen LogP contribution is 2.41. The van der Waals surface area contributed by atoms with Crippen molar-refractivity contribution < 1.29 is 23.8 Å². The van der Waals surface area contributed by atoms with E-state index in [4.69, 9.17) is 20.8 Å². The van der Waals surface area contributed by atoms with E-state index in [1.807, 2.05) is 36.4 Å². The van der Waals surface area contributed by atoms with Crippen LogP contribution in [0.3, 0.4) is 0 Å². The minimum absolute atomic E-state index is 0.00547. The summed E-state index contributed by atoms with van der Waals surface area (Å²) in [6.07, 6.45) is 1.51. The van der Waals surface area contributed by atoms with Crippen LogP contribution in [0.1, 0.15) is 28.5 Å². The summed E-state index contributed by atoms with van der Waals surface area (Å²) in [5.74, 6) is -0.666. The van der Waals surface area contributed by atoms with E-state index in [-0.39, 0.29) is 17.9 Å². The van der Waals surface area contributed by atoms with Crippen molar-refractivity contribution in [3.8, 4) is 5.75 Å². The summed E-state index contributed by atoms with van der Waals surface area (Å²) < 4.78 is 11.4. The third-order valence-electron chi connectivity index (χ3n) is 5.99. The molecule has 0 spiro atoms. The van der Waals surface area contributed by atoms with Gasteiger partial charge in [-0.3, -0.25) is 9.59 Å². The summed E-state index contributed by atoms with van der Waals surface area (Å²) in [4.78, 5) is 27.8. The molecule has 1 unspecified atom stereocenters. The SMILES string of the molecule is O=C1C(=O)N(Cc2ccco2)C(c2cccc(OCc3ccccc3)c2)C1=C(O)c1ccc(Cl)cc1. The van der Waals surface area contributed by atoms with Crippen LogP contribution in [0.15, 0.2) is 107 Å². The van der Waals surface area contributed by atoms with Gasteiger partial charge in [-0.25, -0.2) is 0 Å². The molecule has 1 aliphatic heterocycles. The van der Waals surface area contributed by atoms with Crippen molar-refractivity contribution in [2.45, 2.75) is 19.2 Å². The maximum Gasteiger partial charge on any atom is 0.296 e. The average molecular weight is 500 g/mol. The molecule has 5 rings (SSSR count). The molecule has 0 bridgehead atoms. The molecule has 1 saturated heterocycles. The molecule has 1 aliphatic rings. The molecule has 6 nitrogen and oxygen atoms in total. The standard InChI is InChI=1S/C29H22ClNO5/c30-22-13-11-20(12-14-22)27(32)25-26(31(29(34)28(25)33)17-24-10-5-15-35-24)21-8-4-9-23(16-21)36-18-19-6-2-1-3-7-19/h1-16,26,32H,17-18H2. The Morgan fingerprint density at radius 1 is 0.944 bits per heavy atom. The van der Waals surface area contributed by atoms with Crippen molar-refractivity contribution in [3.05, 3.63) is 130 Å². The molecule has 7 heteroatoms. The van der Waals surface area contributed by atoms with Crippen molar-refractivity contribution >= 4 is 29.1 Å². The second-order valence-corrected chi connectivity index (χ2v) is 8.80. The van der Waals surface area contributed by atoms with Crippen LogP contribution in [0.2, 0.25) is 5.02 Å². The maximum atomic E-state index is 13.2. The number of aliphatic hydroxyl groups is 1. The van der Waals surface area contributed by atoms with E-state index in [0.29, 0.717) is 34.3 Å². The van der Waals surface area contributed by atoms with Crippen molar-refractivity contribution in [2.24, 2.45) is 0 Å². The minimum atomic E-state index is -0.842. The summed E-state index contributed by atoms with van der Waals surface area (Å²) >= 11 is 6.00. The summed E-state index contributed by atoms with van der Waals surface area (Å²) in [5.41, 5.74) is 2.02. The molecule has 1 amide bonds. The number of hydrogen-bond acceptors (Lipinski definition) is 5. The number of Topliss-reactive ketones (excluding diaryl/α,β-unsaturated/α-hetero) is 1. The van der Waals surface area contributed by atoms with Gasteiger partial charge in [0.15, 0.2) is 0 Å². The topological polar surface area (TPSA) is 80.0 Å². The number of amides is 1. The second-order valence-electron chi connectivity index (χ2n) is 8.36. The summed E-state index contributed by atoms with van der Waals surface area (Å²) in [6.45, 7) is 0.427. The number of hydrogen-bond donors (Lipinski definition) is 1. The lowest BCUT2D eigenvalue weighted by Crippen LogP contribution is -2.29. The third kappa shape index (κ3) is 4.76. The predicted molar refractivity (Wildman–Crippen MR) is 135 cm³/mol. The molecule has 1 atom stereocenters. The quantitative estimate of drug-likeness (QED) is 0.188. The molecule has 1 N–H and O–H groups in total. The van der Waals surface area contributed by atoms with Gasteiger partial charge in [0.25, 0.3) is 11.7 Å². The number of ketones is 1. The molecule has 2 heterocycles. The summed E-state index contributed by atoms with van der Waals surface area (Å²) in [7, 11) is 0. The lowest BCUT2D eigenvalue weighted by Gasteiger charge is -2.25. The van der Waals surface area contributed by atoms with Gasteiger partial charge < -0.3 is 19.2 Å². The molecule has 1 fully saturated rings. The van der Waals surface area contributed by atoms with Crippen LogP contribution in [0.5, 0.6) is 5.75 Å². The van der Waals surface area contributed by atoms with Crippen LogP contribution in [-0.2, 0) is 22.7 Å². The largest absolute Gasteiger partial charge is 0.507 e. The molecule has 0 saturated carbocycles. The normalized spacial score (nSPS) is 16.9. The van der Waals surface area contributed by atoms with Gasteiger partial charge in [-0.05, 0) is 59.7 Å². The zero-order chi connectivity index (χ0) is 25.1. The molecular formula is C29H22ClNO5. The lowest BCUT2D eigenvalue weighted by atomic mass is 9.95. The van der Waals surface area contributed by atoms with Crippen molar-refractivity contribution in [3.63, 3.8) is 0 Å². The van der Waals surface area contributed by atoms with Crippen molar-refractivity contribution in [1.29, 1.82) is 0 Å². The highest BCUT2D eigenvalue weighted by atomic mass is 35.5. The van der Waals surface area contributed by atoms with Crippen LogP contribution in [0.4, 0.5) is 0 Å². The number of halogens is 1. The van der Waals surface area contributed by atoms with Gasteiger partial charge in [-0.1, -0.05) is 54.1 Å². The number of aliphatic hydroxyl groups excluding tert-OH is 1. The van der Waals surface area contributed by atoms with Gasteiger partial charge in [0, 0.05) is 10.6 Å². The van der Waals surface area contributed by atoms with Gasteiger partial charge in [0.1, 0.15) is 23.9 Å². The van der Waals surface area contributed by atoms with Crippen molar-refractivity contribution in [1.82, 2.24) is 4.90 Å². The van der Waals surface area contributed by atoms with E-state index >= 15 is 0 Å². The number of nitrogens with zero attached hydrogens (tertiary/aromatic N) is 1. The molecule has 3 aromatic carbocycles. The predicted octanol–water partition coefficient (Wildman–Crippen LogP) is 6.13. The fourth-order valence-corrected chi connectivity index (χ4v) is 4.36. The van der Waals surface area contributed by atoms with Crippen LogP contribution in [0, 0.1) is 0 Å². The smallest absolute Gasteiger partial charge is 0.296 e. The van der Waals surface area contributed by atoms with Crippen LogP contribution in [0.25, 0.3) is 5.76 Å². The number of rotatable bonds is 7.